The largest absolute Gasteiger partial charge is 0.478 e. The Morgan fingerprint density at radius 1 is 1.47 bits per heavy atom. The maximum atomic E-state index is 11.3. The summed E-state index contributed by atoms with van der Waals surface area (Å²) in [6.45, 7) is 3.89. The lowest BCUT2D eigenvalue weighted by Crippen LogP contribution is -2.34. The van der Waals surface area contributed by atoms with Crippen molar-refractivity contribution in [3.8, 4) is 0 Å². The number of carbonyl (C=O) groups is 1. The number of hydrogen-bond acceptors (Lipinski definition) is 3. The molecule has 1 saturated heterocycles. The van der Waals surface area contributed by atoms with E-state index in [4.69, 9.17) is 17.3 Å². The molecule has 2 rings (SSSR count). The highest BCUT2D eigenvalue weighted by molar-refractivity contribution is 6.34. The van der Waals surface area contributed by atoms with Crippen LogP contribution in [0, 0.1) is 5.92 Å². The molecule has 104 valence electrons. The predicted molar refractivity (Wildman–Crippen MR) is 78.1 cm³/mol. The Morgan fingerprint density at radius 3 is 2.63 bits per heavy atom. The summed E-state index contributed by atoms with van der Waals surface area (Å²) >= 11 is 6.20. The highest BCUT2D eigenvalue weighted by Crippen LogP contribution is 2.35. The molecule has 0 spiro atoms. The van der Waals surface area contributed by atoms with Crippen LogP contribution in [0.15, 0.2) is 12.1 Å². The number of rotatable bonds is 3. The van der Waals surface area contributed by atoms with Crippen LogP contribution in [-0.2, 0) is 0 Å². The van der Waals surface area contributed by atoms with Gasteiger partial charge in [0, 0.05) is 18.8 Å². The lowest BCUT2D eigenvalue weighted by molar-refractivity contribution is 0.0697. The van der Waals surface area contributed by atoms with Crippen LogP contribution in [0.5, 0.6) is 0 Å². The van der Waals surface area contributed by atoms with Crippen LogP contribution < -0.4 is 10.6 Å². The molecule has 0 unspecified atom stereocenters. The van der Waals surface area contributed by atoms with Crippen LogP contribution in [-0.4, -0.2) is 24.2 Å². The SMILES string of the molecule is CCC1CCN(c2c(Cl)cc(N)cc2C(=O)O)CC1. The molecule has 19 heavy (non-hydrogen) atoms. The van der Waals surface area contributed by atoms with Crippen molar-refractivity contribution >= 4 is 28.9 Å². The van der Waals surface area contributed by atoms with E-state index in [9.17, 15) is 9.90 Å². The molecule has 1 heterocycles. The highest BCUT2D eigenvalue weighted by atomic mass is 35.5. The standard InChI is InChI=1S/C14H19ClN2O2/c1-2-9-3-5-17(6-4-9)13-11(14(18)19)7-10(16)8-12(13)15/h7-9H,2-6,16H2,1H3,(H,18,19). The molecule has 0 atom stereocenters. The molecule has 0 bridgehead atoms. The molecule has 0 saturated carbocycles. The van der Waals surface area contributed by atoms with E-state index in [1.165, 1.54) is 12.5 Å². The van der Waals surface area contributed by atoms with Crippen molar-refractivity contribution in [1.82, 2.24) is 0 Å². The van der Waals surface area contributed by atoms with E-state index in [-0.39, 0.29) is 5.56 Å². The third kappa shape index (κ3) is 2.95. The first kappa shape index (κ1) is 14.0. The number of halogens is 1. The van der Waals surface area contributed by atoms with Crippen molar-refractivity contribution in [2.75, 3.05) is 23.7 Å². The Morgan fingerprint density at radius 2 is 2.11 bits per heavy atom. The summed E-state index contributed by atoms with van der Waals surface area (Å²) in [4.78, 5) is 13.4. The maximum absolute atomic E-state index is 11.3. The number of piperidine rings is 1. The van der Waals surface area contributed by atoms with Crippen LogP contribution in [0.1, 0.15) is 36.5 Å². The van der Waals surface area contributed by atoms with E-state index in [0.717, 1.165) is 31.8 Å². The third-order valence-corrected chi connectivity index (χ3v) is 4.11. The van der Waals surface area contributed by atoms with Gasteiger partial charge in [0.1, 0.15) is 0 Å². The lowest BCUT2D eigenvalue weighted by Gasteiger charge is -2.34. The summed E-state index contributed by atoms with van der Waals surface area (Å²) < 4.78 is 0. The first-order valence-electron chi connectivity index (χ1n) is 6.60. The van der Waals surface area contributed by atoms with Crippen molar-refractivity contribution < 1.29 is 9.90 Å². The number of aromatic carboxylic acids is 1. The fourth-order valence-electron chi connectivity index (χ4n) is 2.67. The normalized spacial score (nSPS) is 16.6. The quantitative estimate of drug-likeness (QED) is 0.835. The Hall–Kier alpha value is -1.42. The molecule has 4 nitrogen and oxygen atoms in total. The molecule has 1 aromatic carbocycles. The molecule has 0 aromatic heterocycles. The maximum Gasteiger partial charge on any atom is 0.337 e. The van der Waals surface area contributed by atoms with Gasteiger partial charge in [-0.05, 0) is 30.9 Å². The third-order valence-electron chi connectivity index (χ3n) is 3.82. The number of nitrogens with zero attached hydrogens (tertiary/aromatic N) is 1. The van der Waals surface area contributed by atoms with Gasteiger partial charge in [-0.25, -0.2) is 4.79 Å². The fraction of sp³-hybridized carbons (Fsp3) is 0.500. The van der Waals surface area contributed by atoms with Crippen LogP contribution in [0.25, 0.3) is 0 Å². The summed E-state index contributed by atoms with van der Waals surface area (Å²) in [5.41, 5.74) is 6.86. The number of carboxylic acids is 1. The van der Waals surface area contributed by atoms with E-state index in [1.54, 1.807) is 6.07 Å². The van der Waals surface area contributed by atoms with Gasteiger partial charge < -0.3 is 15.7 Å². The average molecular weight is 283 g/mol. The summed E-state index contributed by atoms with van der Waals surface area (Å²) in [6.07, 6.45) is 3.33. The van der Waals surface area contributed by atoms with Gasteiger partial charge in [0.05, 0.1) is 16.3 Å². The molecule has 0 amide bonds. The molecule has 3 N–H and O–H groups in total. The smallest absolute Gasteiger partial charge is 0.337 e. The lowest BCUT2D eigenvalue weighted by atomic mass is 9.93. The first-order valence-corrected chi connectivity index (χ1v) is 6.98. The van der Waals surface area contributed by atoms with E-state index in [1.807, 2.05) is 0 Å². The van der Waals surface area contributed by atoms with Crippen molar-refractivity contribution in [2.45, 2.75) is 26.2 Å². The molecular formula is C14H19ClN2O2. The van der Waals surface area contributed by atoms with Gasteiger partial charge in [0.15, 0.2) is 0 Å². The van der Waals surface area contributed by atoms with E-state index in [2.05, 4.69) is 11.8 Å². The van der Waals surface area contributed by atoms with Crippen molar-refractivity contribution in [1.29, 1.82) is 0 Å². The van der Waals surface area contributed by atoms with E-state index >= 15 is 0 Å². The Labute approximate surface area is 118 Å². The molecular weight excluding hydrogens is 264 g/mol. The van der Waals surface area contributed by atoms with Gasteiger partial charge in [-0.3, -0.25) is 0 Å². The fourth-order valence-corrected chi connectivity index (χ4v) is 3.02. The molecule has 0 radical (unpaired) electrons. The predicted octanol–water partition coefficient (Wildman–Crippen LogP) is 3.25. The number of benzene rings is 1. The topological polar surface area (TPSA) is 66.6 Å². The number of nitrogens with two attached hydrogens (primary N) is 1. The summed E-state index contributed by atoms with van der Waals surface area (Å²) in [6, 6.07) is 3.10. The average Bonchev–Trinajstić information content (AvgIpc) is 2.38. The zero-order chi connectivity index (χ0) is 14.0. The molecule has 5 heteroatoms. The van der Waals surface area contributed by atoms with Crippen molar-refractivity contribution in [2.24, 2.45) is 5.92 Å². The van der Waals surface area contributed by atoms with Gasteiger partial charge >= 0.3 is 5.97 Å². The molecule has 1 aromatic rings. The van der Waals surface area contributed by atoms with Crippen LogP contribution >= 0.6 is 11.6 Å². The van der Waals surface area contributed by atoms with Crippen LogP contribution in [0.3, 0.4) is 0 Å². The number of nitrogen functional groups attached to an aromatic ring is 1. The molecule has 1 aliphatic heterocycles. The second kappa shape index (κ2) is 5.70. The second-order valence-electron chi connectivity index (χ2n) is 5.04. The Bertz CT molecular complexity index is 483. The van der Waals surface area contributed by atoms with Crippen molar-refractivity contribution in [3.05, 3.63) is 22.7 Å². The van der Waals surface area contributed by atoms with Gasteiger partial charge in [0.25, 0.3) is 0 Å². The van der Waals surface area contributed by atoms with Gasteiger partial charge in [0.2, 0.25) is 0 Å². The summed E-state index contributed by atoms with van der Waals surface area (Å²) in [5, 5.41) is 9.73. The summed E-state index contributed by atoms with van der Waals surface area (Å²) in [7, 11) is 0. The minimum Gasteiger partial charge on any atom is -0.478 e. The minimum atomic E-state index is -0.984. The van der Waals surface area contributed by atoms with Crippen molar-refractivity contribution in [3.63, 3.8) is 0 Å². The van der Waals surface area contributed by atoms with E-state index in [0.29, 0.717) is 16.4 Å². The summed E-state index contributed by atoms with van der Waals surface area (Å²) in [5.74, 6) is -0.251. The molecule has 1 aliphatic rings. The van der Waals surface area contributed by atoms with Gasteiger partial charge in [-0.2, -0.15) is 0 Å². The zero-order valence-electron chi connectivity index (χ0n) is 11.0. The highest BCUT2D eigenvalue weighted by Gasteiger charge is 2.24. The number of carboxylic acid groups (broad SMARTS) is 1. The zero-order valence-corrected chi connectivity index (χ0v) is 11.8. The van der Waals surface area contributed by atoms with Crippen LogP contribution in [0.2, 0.25) is 5.02 Å². The second-order valence-corrected chi connectivity index (χ2v) is 5.45. The Balaban J connectivity index is 2.32. The minimum absolute atomic E-state index is 0.194. The molecule has 0 aliphatic carbocycles. The first-order chi connectivity index (χ1) is 9.02. The Kier molecular flexibility index (Phi) is 4.20. The number of anilines is 2. The van der Waals surface area contributed by atoms with Gasteiger partial charge in [-0.15, -0.1) is 0 Å². The monoisotopic (exact) mass is 282 g/mol. The number of hydrogen-bond donors (Lipinski definition) is 2. The van der Waals surface area contributed by atoms with Gasteiger partial charge in [-0.1, -0.05) is 24.9 Å². The molecule has 1 fully saturated rings. The van der Waals surface area contributed by atoms with Crippen LogP contribution in [0.4, 0.5) is 11.4 Å². The van der Waals surface area contributed by atoms with E-state index < -0.39 is 5.97 Å².